The molecule has 0 saturated heterocycles. The lowest BCUT2D eigenvalue weighted by Crippen LogP contribution is -2.48. The van der Waals surface area contributed by atoms with E-state index in [2.05, 4.69) is 10.3 Å². The summed E-state index contributed by atoms with van der Waals surface area (Å²) < 4.78 is 44.6. The van der Waals surface area contributed by atoms with Crippen LogP contribution in [0.15, 0.2) is 36.4 Å². The Kier molecular flexibility index (Phi) is 5.10. The van der Waals surface area contributed by atoms with Gasteiger partial charge in [-0.3, -0.25) is 14.5 Å². The average molecular weight is 410 g/mol. The molecule has 12 heteroatoms. The van der Waals surface area contributed by atoms with Crippen LogP contribution in [-0.4, -0.2) is 34.4 Å². The number of pyridine rings is 1. The molecule has 2 aromatic rings. The largest absolute Gasteiger partial charge is 0.475 e. The molecular weight excluding hydrogens is 397 g/mol. The van der Waals surface area contributed by atoms with Crippen molar-refractivity contribution in [2.75, 3.05) is 16.8 Å². The number of hydrogen-bond acceptors (Lipinski definition) is 6. The van der Waals surface area contributed by atoms with Gasteiger partial charge in [0, 0.05) is 6.07 Å². The molecule has 0 bridgehead atoms. The maximum atomic E-state index is 13.1. The van der Waals surface area contributed by atoms with Crippen molar-refractivity contribution in [3.05, 3.63) is 52.1 Å². The predicted octanol–water partition coefficient (Wildman–Crippen LogP) is 2.76. The number of nitrogens with zero attached hydrogens (tertiary/aromatic N) is 3. The number of carbonyl (C=O) groups excluding carboxylic acids is 2. The topological polar surface area (TPSA) is 115 Å². The first kappa shape index (κ1) is 20.0. The molecule has 0 saturated carbocycles. The zero-order valence-corrected chi connectivity index (χ0v) is 14.8. The Morgan fingerprint density at radius 2 is 2.00 bits per heavy atom. The SMILES string of the molecule is CC1Oc2ccc([N+](=O)[O-])nc2N(CC(=O)Nc2ccccc2C(F)(F)F)C1=O. The first-order chi connectivity index (χ1) is 13.6. The van der Waals surface area contributed by atoms with Gasteiger partial charge in [-0.15, -0.1) is 0 Å². The number of alkyl halides is 3. The Bertz CT molecular complexity index is 995. The number of rotatable bonds is 4. The van der Waals surface area contributed by atoms with Gasteiger partial charge in [-0.1, -0.05) is 12.1 Å². The smallest absolute Gasteiger partial charge is 0.418 e. The van der Waals surface area contributed by atoms with Crippen LogP contribution in [0.5, 0.6) is 5.75 Å². The van der Waals surface area contributed by atoms with E-state index in [1.165, 1.54) is 25.1 Å². The minimum Gasteiger partial charge on any atom is -0.475 e. The molecule has 0 aliphatic carbocycles. The van der Waals surface area contributed by atoms with Crippen molar-refractivity contribution >= 4 is 29.1 Å². The van der Waals surface area contributed by atoms with Crippen molar-refractivity contribution in [1.82, 2.24) is 4.98 Å². The van der Waals surface area contributed by atoms with E-state index in [0.717, 1.165) is 23.1 Å². The summed E-state index contributed by atoms with van der Waals surface area (Å²) in [6.07, 6.45) is -5.71. The Labute approximate surface area is 161 Å². The fourth-order valence-corrected chi connectivity index (χ4v) is 2.70. The average Bonchev–Trinajstić information content (AvgIpc) is 2.64. The quantitative estimate of drug-likeness (QED) is 0.612. The third-order valence-electron chi connectivity index (χ3n) is 3.99. The normalized spacial score (nSPS) is 16.1. The molecule has 0 fully saturated rings. The van der Waals surface area contributed by atoms with Gasteiger partial charge < -0.3 is 20.2 Å². The zero-order valence-electron chi connectivity index (χ0n) is 14.8. The second kappa shape index (κ2) is 7.37. The van der Waals surface area contributed by atoms with Crippen LogP contribution >= 0.6 is 0 Å². The van der Waals surface area contributed by atoms with Crippen molar-refractivity contribution in [1.29, 1.82) is 0 Å². The monoisotopic (exact) mass is 410 g/mol. The number of benzene rings is 1. The number of anilines is 2. The van der Waals surface area contributed by atoms with Crippen LogP contribution in [0, 0.1) is 10.1 Å². The summed E-state index contributed by atoms with van der Waals surface area (Å²) in [6, 6.07) is 6.66. The molecule has 1 N–H and O–H groups in total. The lowest BCUT2D eigenvalue weighted by molar-refractivity contribution is -0.389. The highest BCUT2D eigenvalue weighted by Crippen LogP contribution is 2.36. The number of fused-ring (bicyclic) bond motifs is 1. The lowest BCUT2D eigenvalue weighted by atomic mass is 10.1. The van der Waals surface area contributed by atoms with Gasteiger partial charge in [0.2, 0.25) is 5.91 Å². The van der Waals surface area contributed by atoms with E-state index in [1.807, 2.05) is 0 Å². The number of halogens is 3. The van der Waals surface area contributed by atoms with Crippen molar-refractivity contribution in [2.45, 2.75) is 19.2 Å². The van der Waals surface area contributed by atoms with Gasteiger partial charge in [-0.05, 0) is 35.0 Å². The van der Waals surface area contributed by atoms with Gasteiger partial charge in [0.05, 0.1) is 11.3 Å². The summed E-state index contributed by atoms with van der Waals surface area (Å²) in [6.45, 7) is 0.691. The summed E-state index contributed by atoms with van der Waals surface area (Å²) in [5, 5.41) is 13.1. The van der Waals surface area contributed by atoms with E-state index in [0.29, 0.717) is 0 Å². The molecule has 152 valence electrons. The fourth-order valence-electron chi connectivity index (χ4n) is 2.70. The molecule has 1 aromatic carbocycles. The maximum Gasteiger partial charge on any atom is 0.418 e. The summed E-state index contributed by atoms with van der Waals surface area (Å²) in [4.78, 5) is 39.5. The van der Waals surface area contributed by atoms with Crippen LogP contribution < -0.4 is 15.0 Å². The van der Waals surface area contributed by atoms with Crippen molar-refractivity contribution in [2.24, 2.45) is 0 Å². The molecule has 1 aliphatic heterocycles. The van der Waals surface area contributed by atoms with Crippen LogP contribution in [0.1, 0.15) is 12.5 Å². The first-order valence-electron chi connectivity index (χ1n) is 8.17. The molecular formula is C17H13F3N4O5. The van der Waals surface area contributed by atoms with E-state index in [9.17, 15) is 32.9 Å². The lowest BCUT2D eigenvalue weighted by Gasteiger charge is -2.29. The second-order valence-corrected chi connectivity index (χ2v) is 6.02. The van der Waals surface area contributed by atoms with Gasteiger partial charge in [0.25, 0.3) is 11.7 Å². The molecule has 1 unspecified atom stereocenters. The molecule has 3 rings (SSSR count). The highest BCUT2D eigenvalue weighted by Gasteiger charge is 2.38. The molecule has 0 radical (unpaired) electrons. The Morgan fingerprint density at radius 1 is 1.31 bits per heavy atom. The zero-order chi connectivity index (χ0) is 21.3. The van der Waals surface area contributed by atoms with Crippen LogP contribution in [0.2, 0.25) is 0 Å². The number of ether oxygens (including phenoxy) is 1. The van der Waals surface area contributed by atoms with Crippen LogP contribution in [0.4, 0.5) is 30.5 Å². The van der Waals surface area contributed by atoms with Gasteiger partial charge in [-0.25, -0.2) is 0 Å². The van der Waals surface area contributed by atoms with Crippen molar-refractivity contribution in [3.63, 3.8) is 0 Å². The Balaban J connectivity index is 1.88. The number of carbonyl (C=O) groups is 2. The van der Waals surface area contributed by atoms with E-state index in [1.54, 1.807) is 0 Å². The van der Waals surface area contributed by atoms with Crippen molar-refractivity contribution in [3.8, 4) is 5.75 Å². The van der Waals surface area contributed by atoms with E-state index in [-0.39, 0.29) is 11.6 Å². The summed E-state index contributed by atoms with van der Waals surface area (Å²) >= 11 is 0. The number of aromatic nitrogens is 1. The first-order valence-corrected chi connectivity index (χ1v) is 8.17. The third-order valence-corrected chi connectivity index (χ3v) is 3.99. The number of nitrogens with one attached hydrogen (secondary N) is 1. The van der Waals surface area contributed by atoms with Crippen LogP contribution in [0.3, 0.4) is 0 Å². The molecule has 9 nitrogen and oxygen atoms in total. The summed E-state index contributed by atoms with van der Waals surface area (Å²) in [5.41, 5.74) is -1.53. The number of amides is 2. The van der Waals surface area contributed by atoms with E-state index in [4.69, 9.17) is 4.74 Å². The Hall–Kier alpha value is -3.70. The molecule has 29 heavy (non-hydrogen) atoms. The number of hydrogen-bond donors (Lipinski definition) is 1. The summed E-state index contributed by atoms with van der Waals surface area (Å²) in [7, 11) is 0. The fraction of sp³-hybridized carbons (Fsp3) is 0.235. The van der Waals surface area contributed by atoms with E-state index >= 15 is 0 Å². The minimum absolute atomic E-state index is 0.0335. The molecule has 0 spiro atoms. The molecule has 2 amide bonds. The maximum absolute atomic E-state index is 13.1. The molecule has 2 heterocycles. The predicted molar refractivity (Wildman–Crippen MR) is 93.4 cm³/mol. The van der Waals surface area contributed by atoms with Crippen LogP contribution in [-0.2, 0) is 15.8 Å². The number of para-hydroxylation sites is 1. The standard InChI is InChI=1S/C17H13F3N4O5/c1-9-16(26)23(15-12(29-9)6-7-13(22-15)24(27)28)8-14(25)21-11-5-3-2-4-10(11)17(18,19)20/h2-7,9H,8H2,1H3,(H,21,25). The highest BCUT2D eigenvalue weighted by atomic mass is 19.4. The van der Waals surface area contributed by atoms with E-state index < -0.39 is 52.6 Å². The van der Waals surface area contributed by atoms with Crippen LogP contribution in [0.25, 0.3) is 0 Å². The second-order valence-electron chi connectivity index (χ2n) is 6.02. The Morgan fingerprint density at radius 3 is 2.66 bits per heavy atom. The van der Waals surface area contributed by atoms with Gasteiger partial charge in [-0.2, -0.15) is 13.2 Å². The molecule has 1 aromatic heterocycles. The third kappa shape index (κ3) is 4.10. The van der Waals surface area contributed by atoms with Gasteiger partial charge in [0.1, 0.15) is 6.54 Å². The summed E-state index contributed by atoms with van der Waals surface area (Å²) in [5.74, 6) is -2.47. The van der Waals surface area contributed by atoms with Gasteiger partial charge >= 0.3 is 12.0 Å². The molecule has 1 aliphatic rings. The van der Waals surface area contributed by atoms with Crippen molar-refractivity contribution < 1.29 is 32.4 Å². The minimum atomic E-state index is -4.69. The highest BCUT2D eigenvalue weighted by molar-refractivity contribution is 6.05. The number of nitro groups is 1. The van der Waals surface area contributed by atoms with Gasteiger partial charge in [0.15, 0.2) is 11.9 Å². The molecule has 1 atom stereocenters.